The highest BCUT2D eigenvalue weighted by molar-refractivity contribution is 5.23. The van der Waals surface area contributed by atoms with E-state index in [9.17, 15) is 8.78 Å². The fourth-order valence-corrected chi connectivity index (χ4v) is 1.62. The molecule has 3 N–H and O–H groups in total. The third kappa shape index (κ3) is 3.12. The molecule has 88 valence electrons. The van der Waals surface area contributed by atoms with E-state index in [4.69, 9.17) is 5.84 Å². The van der Waals surface area contributed by atoms with Crippen molar-refractivity contribution in [3.05, 3.63) is 48.1 Å². The second-order valence-electron chi connectivity index (χ2n) is 3.57. The van der Waals surface area contributed by atoms with Crippen LogP contribution in [0.5, 0.6) is 0 Å². The van der Waals surface area contributed by atoms with Gasteiger partial charge in [-0.2, -0.15) is 0 Å². The molecule has 1 atom stereocenters. The molecular formula is C12H16F2N2. The van der Waals surface area contributed by atoms with Crippen molar-refractivity contribution in [2.24, 2.45) is 5.84 Å². The van der Waals surface area contributed by atoms with E-state index in [2.05, 4.69) is 12.0 Å². The van der Waals surface area contributed by atoms with Crippen LogP contribution in [0.25, 0.3) is 0 Å². The maximum atomic E-state index is 13.4. The quantitative estimate of drug-likeness (QED) is 0.339. The van der Waals surface area contributed by atoms with Gasteiger partial charge in [-0.1, -0.05) is 12.1 Å². The normalized spacial score (nSPS) is 12.4. The molecule has 0 fully saturated rings. The highest BCUT2D eigenvalue weighted by atomic mass is 19.1. The summed E-state index contributed by atoms with van der Waals surface area (Å²) in [4.78, 5) is 0. The van der Waals surface area contributed by atoms with Gasteiger partial charge in [0.2, 0.25) is 0 Å². The van der Waals surface area contributed by atoms with Crippen LogP contribution in [0.1, 0.15) is 30.9 Å². The topological polar surface area (TPSA) is 38.0 Å². The van der Waals surface area contributed by atoms with Crippen LogP contribution >= 0.6 is 0 Å². The molecule has 0 aliphatic carbocycles. The van der Waals surface area contributed by atoms with E-state index in [0.29, 0.717) is 6.42 Å². The smallest absolute Gasteiger partial charge is 0.130 e. The first-order chi connectivity index (χ1) is 7.70. The molecule has 1 aromatic rings. The van der Waals surface area contributed by atoms with Gasteiger partial charge in [0.15, 0.2) is 0 Å². The van der Waals surface area contributed by atoms with Crippen LogP contribution in [0.15, 0.2) is 30.9 Å². The summed E-state index contributed by atoms with van der Waals surface area (Å²) in [5, 5.41) is 0. The summed E-state index contributed by atoms with van der Waals surface area (Å²) in [7, 11) is 0. The first-order valence-electron chi connectivity index (χ1n) is 5.21. The number of nitrogens with two attached hydrogens (primary N) is 1. The average Bonchev–Trinajstić information content (AvgIpc) is 2.26. The molecule has 0 spiro atoms. The predicted molar refractivity (Wildman–Crippen MR) is 60.5 cm³/mol. The largest absolute Gasteiger partial charge is 0.271 e. The zero-order valence-electron chi connectivity index (χ0n) is 9.05. The van der Waals surface area contributed by atoms with E-state index in [1.54, 1.807) is 6.08 Å². The number of halogens is 2. The van der Waals surface area contributed by atoms with Gasteiger partial charge in [0.1, 0.15) is 11.6 Å². The second kappa shape index (κ2) is 6.35. The Kier molecular flexibility index (Phi) is 5.08. The maximum absolute atomic E-state index is 13.4. The molecule has 0 saturated heterocycles. The van der Waals surface area contributed by atoms with Gasteiger partial charge < -0.3 is 0 Å². The lowest BCUT2D eigenvalue weighted by atomic mass is 10.0. The van der Waals surface area contributed by atoms with Crippen molar-refractivity contribution >= 4 is 0 Å². The van der Waals surface area contributed by atoms with E-state index in [-0.39, 0.29) is 5.56 Å². The first kappa shape index (κ1) is 12.8. The van der Waals surface area contributed by atoms with Gasteiger partial charge in [-0.3, -0.25) is 11.3 Å². The van der Waals surface area contributed by atoms with Crippen LogP contribution in [-0.2, 0) is 0 Å². The fourth-order valence-electron chi connectivity index (χ4n) is 1.62. The van der Waals surface area contributed by atoms with Gasteiger partial charge in [-0.15, -0.1) is 6.58 Å². The molecule has 0 radical (unpaired) electrons. The molecule has 0 amide bonds. The molecule has 0 aliphatic rings. The predicted octanol–water partition coefficient (Wildman–Crippen LogP) is 2.83. The van der Waals surface area contributed by atoms with Crippen LogP contribution in [-0.4, -0.2) is 0 Å². The molecule has 0 saturated carbocycles. The maximum Gasteiger partial charge on any atom is 0.130 e. The van der Waals surface area contributed by atoms with E-state index < -0.39 is 17.7 Å². The average molecular weight is 226 g/mol. The minimum Gasteiger partial charge on any atom is -0.271 e. The number of nitrogens with one attached hydrogen (secondary N) is 1. The monoisotopic (exact) mass is 226 g/mol. The number of hydrogen-bond acceptors (Lipinski definition) is 2. The molecule has 2 nitrogen and oxygen atoms in total. The summed E-state index contributed by atoms with van der Waals surface area (Å²) in [6, 6.07) is 3.30. The summed E-state index contributed by atoms with van der Waals surface area (Å²) in [5.41, 5.74) is 2.45. The second-order valence-corrected chi connectivity index (χ2v) is 3.57. The summed E-state index contributed by atoms with van der Waals surface area (Å²) in [6.45, 7) is 3.59. The molecule has 1 unspecified atom stereocenters. The van der Waals surface area contributed by atoms with Crippen molar-refractivity contribution in [2.45, 2.75) is 25.3 Å². The highest BCUT2D eigenvalue weighted by Gasteiger charge is 2.18. The van der Waals surface area contributed by atoms with Gasteiger partial charge in [-0.25, -0.2) is 8.78 Å². The van der Waals surface area contributed by atoms with Crippen LogP contribution in [0, 0.1) is 11.6 Å². The minimum atomic E-state index is -0.568. The van der Waals surface area contributed by atoms with Crippen molar-refractivity contribution in [1.82, 2.24) is 5.43 Å². The molecule has 1 rings (SSSR count). The summed E-state index contributed by atoms with van der Waals surface area (Å²) < 4.78 is 26.9. The van der Waals surface area contributed by atoms with Crippen LogP contribution in [0.2, 0.25) is 0 Å². The van der Waals surface area contributed by atoms with Gasteiger partial charge in [0.25, 0.3) is 0 Å². The molecule has 0 bridgehead atoms. The number of allylic oxidation sites excluding steroid dienone is 1. The number of hydrogen-bond donors (Lipinski definition) is 2. The van der Waals surface area contributed by atoms with E-state index in [1.165, 1.54) is 18.2 Å². The Morgan fingerprint density at radius 3 is 2.50 bits per heavy atom. The van der Waals surface area contributed by atoms with E-state index in [1.807, 2.05) is 0 Å². The fraction of sp³-hybridized carbons (Fsp3) is 0.333. The standard InChI is InChI=1S/C12H16F2N2/c1-2-3-4-8-11(16-15)12-9(13)6-5-7-10(12)14/h2,5-7,11,16H,1,3-4,8,15H2. The summed E-state index contributed by atoms with van der Waals surface area (Å²) in [5.74, 6) is 4.18. The summed E-state index contributed by atoms with van der Waals surface area (Å²) >= 11 is 0. The summed E-state index contributed by atoms with van der Waals surface area (Å²) in [6.07, 6.45) is 3.92. The van der Waals surface area contributed by atoms with Crippen molar-refractivity contribution in [3.63, 3.8) is 0 Å². The van der Waals surface area contributed by atoms with Crippen molar-refractivity contribution in [3.8, 4) is 0 Å². The molecule has 0 aromatic heterocycles. The Bertz CT molecular complexity index is 333. The zero-order chi connectivity index (χ0) is 12.0. The van der Waals surface area contributed by atoms with Gasteiger partial charge in [0, 0.05) is 5.56 Å². The van der Waals surface area contributed by atoms with Crippen molar-refractivity contribution < 1.29 is 8.78 Å². The minimum absolute atomic E-state index is 0.00839. The lowest BCUT2D eigenvalue weighted by molar-refractivity contribution is 0.446. The molecule has 1 aromatic carbocycles. The van der Waals surface area contributed by atoms with Gasteiger partial charge in [-0.05, 0) is 31.4 Å². The lowest BCUT2D eigenvalue weighted by Crippen LogP contribution is -2.29. The van der Waals surface area contributed by atoms with E-state index in [0.717, 1.165) is 12.8 Å². The Labute approximate surface area is 94.1 Å². The SMILES string of the molecule is C=CCCCC(NN)c1c(F)cccc1F. The molecule has 0 heterocycles. The van der Waals surface area contributed by atoms with Crippen molar-refractivity contribution in [2.75, 3.05) is 0 Å². The molecule has 0 aliphatic heterocycles. The van der Waals surface area contributed by atoms with Crippen LogP contribution < -0.4 is 11.3 Å². The molecule has 4 heteroatoms. The Morgan fingerprint density at radius 2 is 2.00 bits per heavy atom. The van der Waals surface area contributed by atoms with E-state index >= 15 is 0 Å². The zero-order valence-corrected chi connectivity index (χ0v) is 9.05. The van der Waals surface area contributed by atoms with Gasteiger partial charge in [0.05, 0.1) is 6.04 Å². The number of benzene rings is 1. The van der Waals surface area contributed by atoms with Crippen molar-refractivity contribution in [1.29, 1.82) is 0 Å². The third-order valence-electron chi connectivity index (χ3n) is 2.45. The third-order valence-corrected chi connectivity index (χ3v) is 2.45. The van der Waals surface area contributed by atoms with Crippen LogP contribution in [0.3, 0.4) is 0 Å². The highest BCUT2D eigenvalue weighted by Crippen LogP contribution is 2.24. The number of unbranched alkanes of at least 4 members (excludes halogenated alkanes) is 1. The first-order valence-corrected chi connectivity index (χ1v) is 5.21. The molecular weight excluding hydrogens is 210 g/mol. The molecule has 16 heavy (non-hydrogen) atoms. The van der Waals surface area contributed by atoms with Crippen LogP contribution in [0.4, 0.5) is 8.78 Å². The Balaban J connectivity index is 2.81. The van der Waals surface area contributed by atoms with Gasteiger partial charge >= 0.3 is 0 Å². The number of hydrazine groups is 1. The Hall–Kier alpha value is -1.26. The Morgan fingerprint density at radius 1 is 1.38 bits per heavy atom. The lowest BCUT2D eigenvalue weighted by Gasteiger charge is -2.17. The number of rotatable bonds is 6.